The van der Waals surface area contributed by atoms with Gasteiger partial charge in [-0.2, -0.15) is 0 Å². The number of nitrogens with one attached hydrogen (secondary N) is 3. The van der Waals surface area contributed by atoms with Crippen molar-refractivity contribution in [3.05, 3.63) is 63.1 Å². The van der Waals surface area contributed by atoms with E-state index >= 15 is 4.39 Å². The highest BCUT2D eigenvalue weighted by molar-refractivity contribution is 6.31. The molecule has 1 saturated carbocycles. The summed E-state index contributed by atoms with van der Waals surface area (Å²) in [5, 5.41) is 18.5. The molecule has 4 atom stereocenters. The predicted molar refractivity (Wildman–Crippen MR) is 138 cm³/mol. The molecular formula is C27H29Cl2F2N3O3. The van der Waals surface area contributed by atoms with Gasteiger partial charge in [0, 0.05) is 23.7 Å². The van der Waals surface area contributed by atoms with Crippen molar-refractivity contribution in [2.45, 2.75) is 75.6 Å². The van der Waals surface area contributed by atoms with Crippen LogP contribution in [-0.2, 0) is 15.0 Å². The summed E-state index contributed by atoms with van der Waals surface area (Å²) < 4.78 is 30.6. The fourth-order valence-electron chi connectivity index (χ4n) is 6.16. The third-order valence-electron chi connectivity index (χ3n) is 7.76. The molecule has 10 heteroatoms. The second-order valence-electron chi connectivity index (χ2n) is 11.5. The fraction of sp³-hybridized carbons (Fsp3) is 0.481. The van der Waals surface area contributed by atoms with Crippen LogP contribution in [-0.4, -0.2) is 41.2 Å². The van der Waals surface area contributed by atoms with Gasteiger partial charge in [-0.3, -0.25) is 9.59 Å². The Bertz CT molecular complexity index is 1280. The topological polar surface area (TPSA) is 90.5 Å². The van der Waals surface area contributed by atoms with Gasteiger partial charge in [0.05, 0.1) is 22.2 Å². The van der Waals surface area contributed by atoms with Crippen molar-refractivity contribution in [1.82, 2.24) is 10.6 Å². The van der Waals surface area contributed by atoms with Gasteiger partial charge in [0.15, 0.2) is 0 Å². The molecule has 0 radical (unpaired) electrons. The third kappa shape index (κ3) is 4.32. The first kappa shape index (κ1) is 26.4. The van der Waals surface area contributed by atoms with Crippen molar-refractivity contribution in [3.8, 4) is 0 Å². The SMILES string of the molecule is CC(C)(C)C[C@H]1N[C@@H](C(=O)N[C@H]2C[C@@H](O)C2)[C@H](c2cccc(Cl)c2F)[C@@]12C(=O)Nc1cc(Cl)c(F)cc12. The van der Waals surface area contributed by atoms with Crippen molar-refractivity contribution in [2.24, 2.45) is 5.41 Å². The molecule has 37 heavy (non-hydrogen) atoms. The number of carbonyl (C=O) groups excluding carboxylic acids is 2. The van der Waals surface area contributed by atoms with Gasteiger partial charge >= 0.3 is 0 Å². The number of rotatable bonds is 4. The lowest BCUT2D eigenvalue weighted by Crippen LogP contribution is -2.53. The van der Waals surface area contributed by atoms with Crippen LogP contribution in [0.25, 0.3) is 0 Å². The Morgan fingerprint density at radius 2 is 1.89 bits per heavy atom. The van der Waals surface area contributed by atoms with Crippen molar-refractivity contribution < 1.29 is 23.5 Å². The highest BCUT2D eigenvalue weighted by Gasteiger charge is 2.66. The molecule has 2 fully saturated rings. The monoisotopic (exact) mass is 551 g/mol. The lowest BCUT2D eigenvalue weighted by atomic mass is 9.62. The number of hydrogen-bond donors (Lipinski definition) is 4. The van der Waals surface area contributed by atoms with E-state index in [1.165, 1.54) is 24.3 Å². The fourth-order valence-corrected chi connectivity index (χ4v) is 6.51. The Labute approximate surface area is 224 Å². The number of hydrogen-bond acceptors (Lipinski definition) is 4. The quantitative estimate of drug-likeness (QED) is 0.444. The molecule has 1 spiro atoms. The highest BCUT2D eigenvalue weighted by Crippen LogP contribution is 2.57. The average Bonchev–Trinajstić information content (AvgIpc) is 3.24. The first-order valence-electron chi connectivity index (χ1n) is 12.3. The van der Waals surface area contributed by atoms with Crippen LogP contribution in [0.15, 0.2) is 30.3 Å². The number of aliphatic hydroxyl groups is 1. The zero-order chi connectivity index (χ0) is 26.9. The Morgan fingerprint density at radius 1 is 1.19 bits per heavy atom. The number of anilines is 1. The number of halogens is 4. The summed E-state index contributed by atoms with van der Waals surface area (Å²) in [5.41, 5.74) is -1.10. The summed E-state index contributed by atoms with van der Waals surface area (Å²) in [4.78, 5) is 27.7. The van der Waals surface area contributed by atoms with E-state index in [4.69, 9.17) is 23.2 Å². The molecule has 3 aliphatic rings. The number of amides is 2. The maximum atomic E-state index is 15.7. The molecule has 1 saturated heterocycles. The van der Waals surface area contributed by atoms with E-state index in [0.29, 0.717) is 30.5 Å². The lowest BCUT2D eigenvalue weighted by molar-refractivity contribution is -0.125. The molecule has 1 aliphatic carbocycles. The first-order chi connectivity index (χ1) is 17.3. The average molecular weight is 552 g/mol. The van der Waals surface area contributed by atoms with Crippen LogP contribution >= 0.6 is 23.2 Å². The molecule has 2 aromatic carbocycles. The van der Waals surface area contributed by atoms with Crippen molar-refractivity contribution in [1.29, 1.82) is 0 Å². The molecule has 5 rings (SSSR count). The van der Waals surface area contributed by atoms with E-state index in [1.54, 1.807) is 6.07 Å². The maximum Gasteiger partial charge on any atom is 0.238 e. The van der Waals surface area contributed by atoms with E-state index in [1.807, 2.05) is 20.8 Å². The smallest absolute Gasteiger partial charge is 0.238 e. The van der Waals surface area contributed by atoms with E-state index in [2.05, 4.69) is 16.0 Å². The van der Waals surface area contributed by atoms with Crippen LogP contribution in [0.4, 0.5) is 14.5 Å². The second kappa shape index (κ2) is 9.19. The molecule has 0 aromatic heterocycles. The Hall–Kier alpha value is -2.26. The summed E-state index contributed by atoms with van der Waals surface area (Å²) in [6, 6.07) is 5.13. The summed E-state index contributed by atoms with van der Waals surface area (Å²) in [7, 11) is 0. The first-order valence-corrected chi connectivity index (χ1v) is 13.1. The van der Waals surface area contributed by atoms with Gasteiger partial charge in [-0.1, -0.05) is 56.1 Å². The largest absolute Gasteiger partial charge is 0.393 e. The van der Waals surface area contributed by atoms with E-state index in [-0.39, 0.29) is 27.1 Å². The number of fused-ring (bicyclic) bond motifs is 2. The number of carbonyl (C=O) groups is 2. The molecule has 2 amide bonds. The van der Waals surface area contributed by atoms with Crippen LogP contribution in [0, 0.1) is 17.0 Å². The molecule has 2 aliphatic heterocycles. The van der Waals surface area contributed by atoms with Crippen LogP contribution in [0.3, 0.4) is 0 Å². The Morgan fingerprint density at radius 3 is 2.54 bits per heavy atom. The zero-order valence-corrected chi connectivity index (χ0v) is 22.2. The second-order valence-corrected chi connectivity index (χ2v) is 12.4. The van der Waals surface area contributed by atoms with E-state index in [9.17, 15) is 19.1 Å². The van der Waals surface area contributed by atoms with Gasteiger partial charge < -0.3 is 21.1 Å². The number of aliphatic hydroxyl groups excluding tert-OH is 1. The zero-order valence-electron chi connectivity index (χ0n) is 20.7. The highest BCUT2D eigenvalue weighted by atomic mass is 35.5. The summed E-state index contributed by atoms with van der Waals surface area (Å²) >= 11 is 12.2. The molecule has 0 bridgehead atoms. The molecule has 6 nitrogen and oxygen atoms in total. The van der Waals surface area contributed by atoms with Gasteiger partial charge in [-0.15, -0.1) is 0 Å². The summed E-state index contributed by atoms with van der Waals surface area (Å²) in [6.07, 6.45) is 0.772. The standard InChI is InChI=1S/C27H29Cl2F2N3O3/c1-26(2,3)11-20-27(15-9-18(30)17(29)10-19(15)33-25(27)37)21(14-5-4-6-16(28)22(14)31)23(34-20)24(36)32-12-7-13(35)8-12/h4-6,9-10,12-13,20-21,23,34-35H,7-8,11H2,1-3H3,(H,32,36)(H,33,37)/t12-,13+,20-,21+,23-,27+/m1/s1. The molecule has 0 unspecified atom stereocenters. The van der Waals surface area contributed by atoms with Crippen molar-refractivity contribution in [3.63, 3.8) is 0 Å². The minimum Gasteiger partial charge on any atom is -0.393 e. The van der Waals surface area contributed by atoms with Gasteiger partial charge in [-0.25, -0.2) is 8.78 Å². The van der Waals surface area contributed by atoms with Gasteiger partial charge in [0.2, 0.25) is 11.8 Å². The molecule has 4 N–H and O–H groups in total. The van der Waals surface area contributed by atoms with Crippen LogP contribution < -0.4 is 16.0 Å². The normalized spacial score (nSPS) is 30.7. The summed E-state index contributed by atoms with van der Waals surface area (Å²) in [5.74, 6) is -3.39. The van der Waals surface area contributed by atoms with Crippen molar-refractivity contribution in [2.75, 3.05) is 5.32 Å². The van der Waals surface area contributed by atoms with Crippen molar-refractivity contribution >= 4 is 40.7 Å². The maximum absolute atomic E-state index is 15.7. The van der Waals surface area contributed by atoms with E-state index < -0.39 is 53.0 Å². The van der Waals surface area contributed by atoms with Crippen LogP contribution in [0.2, 0.25) is 10.0 Å². The van der Waals surface area contributed by atoms with E-state index in [0.717, 1.165) is 0 Å². The van der Waals surface area contributed by atoms with Crippen LogP contribution in [0.5, 0.6) is 0 Å². The predicted octanol–water partition coefficient (Wildman–Crippen LogP) is 4.66. The molecule has 2 heterocycles. The van der Waals surface area contributed by atoms with Crippen LogP contribution in [0.1, 0.15) is 57.1 Å². The molecule has 2 aromatic rings. The molecule has 198 valence electrons. The van der Waals surface area contributed by atoms with Gasteiger partial charge in [0.1, 0.15) is 17.0 Å². The van der Waals surface area contributed by atoms with Gasteiger partial charge in [0.25, 0.3) is 0 Å². The Balaban J connectivity index is 1.73. The van der Waals surface area contributed by atoms with Gasteiger partial charge in [-0.05, 0) is 54.0 Å². The number of benzene rings is 2. The molecular weight excluding hydrogens is 523 g/mol. The minimum atomic E-state index is -1.53. The minimum absolute atomic E-state index is 0.0866. The summed E-state index contributed by atoms with van der Waals surface area (Å²) in [6.45, 7) is 5.99. The lowest BCUT2D eigenvalue weighted by Gasteiger charge is -2.38. The third-order valence-corrected chi connectivity index (χ3v) is 8.34. The Kier molecular flexibility index (Phi) is 6.54.